The summed E-state index contributed by atoms with van der Waals surface area (Å²) in [5.41, 5.74) is -0.391. The topological polar surface area (TPSA) is 79.5 Å². The molecule has 1 saturated heterocycles. The molecule has 7 heteroatoms. The van der Waals surface area contributed by atoms with Crippen LogP contribution in [0.4, 0.5) is 0 Å². The Morgan fingerprint density at radius 2 is 1.95 bits per heavy atom. The van der Waals surface area contributed by atoms with E-state index in [-0.39, 0.29) is 10.4 Å². The summed E-state index contributed by atoms with van der Waals surface area (Å²) in [4.78, 5) is 39.1. The maximum Gasteiger partial charge on any atom is 0.332 e. The number of aromatic amines is 1. The van der Waals surface area contributed by atoms with E-state index in [1.165, 1.54) is 13.2 Å². The van der Waals surface area contributed by atoms with Crippen LogP contribution in [0.2, 0.25) is 0 Å². The molecule has 0 bridgehead atoms. The molecule has 1 N–H and O–H groups in total. The lowest BCUT2D eigenvalue weighted by Gasteiger charge is -2.25. The zero-order valence-corrected chi connectivity index (χ0v) is 12.0. The first kappa shape index (κ1) is 14.5. The lowest BCUT2D eigenvalue weighted by Crippen LogP contribution is -2.35. The number of nitrogens with zero attached hydrogens (tertiary/aromatic N) is 1. The number of ether oxygens (including phenoxy) is 1. The van der Waals surface area contributed by atoms with Gasteiger partial charge in [-0.05, 0) is 19.3 Å². The molecule has 1 aromatic rings. The second-order valence-corrected chi connectivity index (χ2v) is 5.57. The van der Waals surface area contributed by atoms with Crippen molar-refractivity contribution in [3.8, 4) is 0 Å². The monoisotopic (exact) mass is 296 g/mol. The van der Waals surface area contributed by atoms with Crippen LogP contribution in [0.3, 0.4) is 0 Å². The largest absolute Gasteiger partial charge is 0.466 e. The van der Waals surface area contributed by atoms with Crippen molar-refractivity contribution in [1.29, 1.82) is 0 Å². The molecular formula is C13H16N2O4S. The van der Waals surface area contributed by atoms with Gasteiger partial charge < -0.3 is 14.6 Å². The fourth-order valence-corrected chi connectivity index (χ4v) is 2.85. The maximum absolute atomic E-state index is 12.0. The average molecular weight is 296 g/mol. The lowest BCUT2D eigenvalue weighted by molar-refractivity contribution is -0.133. The standard InChI is InChI=1S/C13H16N2O4S/c1-19-12(17)7-9-13(18)14-10(20-9)8-11(16)15-5-3-2-4-6-15/h7-8H,2-6H2,1H3,(H,14,18). The Morgan fingerprint density at radius 1 is 1.25 bits per heavy atom. The fraction of sp³-hybridized carbons (Fsp3) is 0.462. The summed E-state index contributed by atoms with van der Waals surface area (Å²) < 4.78 is 5.14. The van der Waals surface area contributed by atoms with E-state index in [0.717, 1.165) is 49.8 Å². The quantitative estimate of drug-likeness (QED) is 0.723. The van der Waals surface area contributed by atoms with Gasteiger partial charge in [0.05, 0.1) is 7.11 Å². The summed E-state index contributed by atoms with van der Waals surface area (Å²) in [6, 6.07) is 0. The third-order valence-electron chi connectivity index (χ3n) is 3.05. The summed E-state index contributed by atoms with van der Waals surface area (Å²) in [5.74, 6) is -0.696. The van der Waals surface area contributed by atoms with Gasteiger partial charge in [0.15, 0.2) is 0 Å². The van der Waals surface area contributed by atoms with E-state index in [4.69, 9.17) is 0 Å². The first-order valence-electron chi connectivity index (χ1n) is 6.39. The Bertz CT molecular complexity index is 667. The van der Waals surface area contributed by atoms with E-state index in [2.05, 4.69) is 9.72 Å². The van der Waals surface area contributed by atoms with Crippen LogP contribution in [-0.2, 0) is 14.3 Å². The Hall–Kier alpha value is -1.89. The van der Waals surface area contributed by atoms with E-state index < -0.39 is 11.5 Å². The fourth-order valence-electron chi connectivity index (χ4n) is 2.01. The lowest BCUT2D eigenvalue weighted by atomic mass is 10.1. The van der Waals surface area contributed by atoms with Gasteiger partial charge in [0, 0.05) is 25.2 Å². The highest BCUT2D eigenvalue weighted by atomic mass is 32.1. The van der Waals surface area contributed by atoms with E-state index in [0.29, 0.717) is 4.66 Å². The van der Waals surface area contributed by atoms with Crippen LogP contribution in [0.5, 0.6) is 0 Å². The highest BCUT2D eigenvalue weighted by molar-refractivity contribution is 7.07. The number of thiazole rings is 1. The van der Waals surface area contributed by atoms with Gasteiger partial charge in [-0.15, -0.1) is 11.3 Å². The number of rotatable bonds is 2. The minimum Gasteiger partial charge on any atom is -0.466 e. The summed E-state index contributed by atoms with van der Waals surface area (Å²) in [5, 5.41) is 0. The Kier molecular flexibility index (Phi) is 4.73. The average Bonchev–Trinajstić information content (AvgIpc) is 2.79. The van der Waals surface area contributed by atoms with Gasteiger partial charge in [-0.2, -0.15) is 0 Å². The first-order valence-corrected chi connectivity index (χ1v) is 7.21. The number of H-pyrrole nitrogens is 1. The van der Waals surface area contributed by atoms with E-state index >= 15 is 0 Å². The van der Waals surface area contributed by atoms with Gasteiger partial charge in [-0.1, -0.05) is 0 Å². The van der Waals surface area contributed by atoms with Gasteiger partial charge in [-0.3, -0.25) is 9.59 Å². The summed E-state index contributed by atoms with van der Waals surface area (Å²) >= 11 is 1.07. The van der Waals surface area contributed by atoms with Crippen molar-refractivity contribution in [2.75, 3.05) is 20.2 Å². The Balaban J connectivity index is 2.25. The van der Waals surface area contributed by atoms with Crippen molar-refractivity contribution < 1.29 is 14.3 Å². The highest BCUT2D eigenvalue weighted by Crippen LogP contribution is 2.08. The molecule has 0 radical (unpaired) electrons. The van der Waals surface area contributed by atoms with Crippen LogP contribution in [0.25, 0.3) is 12.2 Å². The van der Waals surface area contributed by atoms with Gasteiger partial charge in [0.2, 0.25) is 5.91 Å². The molecule has 0 saturated carbocycles. The smallest absolute Gasteiger partial charge is 0.332 e. The number of esters is 1. The van der Waals surface area contributed by atoms with Crippen molar-refractivity contribution in [3.63, 3.8) is 0 Å². The molecule has 1 aliphatic rings. The molecular weight excluding hydrogens is 280 g/mol. The molecule has 0 aliphatic carbocycles. The van der Waals surface area contributed by atoms with Crippen LogP contribution in [0.15, 0.2) is 4.79 Å². The third kappa shape index (κ3) is 3.57. The zero-order valence-electron chi connectivity index (χ0n) is 11.2. The molecule has 2 rings (SSSR count). The molecule has 1 aromatic heterocycles. The predicted molar refractivity (Wildman–Crippen MR) is 75.6 cm³/mol. The number of methoxy groups -OCH3 is 1. The van der Waals surface area contributed by atoms with Crippen molar-refractivity contribution in [3.05, 3.63) is 19.5 Å². The van der Waals surface area contributed by atoms with Crippen LogP contribution in [0.1, 0.15) is 19.3 Å². The minimum absolute atomic E-state index is 0.105. The minimum atomic E-state index is -0.591. The first-order chi connectivity index (χ1) is 9.60. The van der Waals surface area contributed by atoms with E-state index in [1.807, 2.05) is 0 Å². The molecule has 6 nitrogen and oxygen atoms in total. The van der Waals surface area contributed by atoms with Gasteiger partial charge >= 0.3 is 5.97 Å². The normalized spacial score (nSPS) is 17.4. The maximum atomic E-state index is 12.0. The highest BCUT2D eigenvalue weighted by Gasteiger charge is 2.14. The van der Waals surface area contributed by atoms with Crippen molar-refractivity contribution >= 4 is 35.4 Å². The molecule has 1 fully saturated rings. The SMILES string of the molecule is COC(=O)C=c1sc(=CC(=O)N2CCCCC2)[nH]c1=O. The van der Waals surface area contributed by atoms with Gasteiger partial charge in [0.25, 0.3) is 5.56 Å². The predicted octanol–water partition coefficient (Wildman–Crippen LogP) is -0.817. The number of carbonyl (C=O) groups is 2. The second kappa shape index (κ2) is 6.51. The number of piperidine rings is 1. The number of aromatic nitrogens is 1. The molecule has 0 atom stereocenters. The van der Waals surface area contributed by atoms with Crippen molar-refractivity contribution in [2.24, 2.45) is 0 Å². The van der Waals surface area contributed by atoms with Gasteiger partial charge in [0.1, 0.15) is 9.20 Å². The Labute approximate surface area is 119 Å². The van der Waals surface area contributed by atoms with Crippen molar-refractivity contribution in [2.45, 2.75) is 19.3 Å². The number of nitrogens with one attached hydrogen (secondary N) is 1. The number of carbonyl (C=O) groups excluding carboxylic acids is 2. The number of hydrogen-bond acceptors (Lipinski definition) is 5. The van der Waals surface area contributed by atoms with E-state index in [9.17, 15) is 14.4 Å². The molecule has 20 heavy (non-hydrogen) atoms. The number of amides is 1. The third-order valence-corrected chi connectivity index (χ3v) is 4.02. The molecule has 2 heterocycles. The van der Waals surface area contributed by atoms with Crippen LogP contribution < -0.4 is 14.8 Å². The Morgan fingerprint density at radius 3 is 2.60 bits per heavy atom. The van der Waals surface area contributed by atoms with Crippen molar-refractivity contribution in [1.82, 2.24) is 9.88 Å². The molecule has 108 valence electrons. The van der Waals surface area contributed by atoms with Gasteiger partial charge in [-0.25, -0.2) is 4.79 Å². The van der Waals surface area contributed by atoms with Crippen LogP contribution in [-0.4, -0.2) is 42.0 Å². The van der Waals surface area contributed by atoms with Crippen LogP contribution >= 0.6 is 11.3 Å². The number of likely N-dealkylation sites (tertiary alicyclic amines) is 1. The van der Waals surface area contributed by atoms with E-state index in [1.54, 1.807) is 4.90 Å². The second-order valence-electron chi connectivity index (χ2n) is 4.48. The summed E-state index contributed by atoms with van der Waals surface area (Å²) in [6.45, 7) is 1.51. The number of hydrogen-bond donors (Lipinski definition) is 1. The van der Waals surface area contributed by atoms with Crippen LogP contribution in [0, 0.1) is 0 Å². The summed E-state index contributed by atoms with van der Waals surface area (Å²) in [7, 11) is 1.24. The molecule has 0 unspecified atom stereocenters. The molecule has 1 aliphatic heterocycles. The molecule has 0 spiro atoms. The zero-order chi connectivity index (χ0) is 14.5. The molecule has 0 aromatic carbocycles. The summed E-state index contributed by atoms with van der Waals surface area (Å²) in [6.07, 6.45) is 5.71. The molecule has 1 amide bonds.